The summed E-state index contributed by atoms with van der Waals surface area (Å²) in [7, 11) is 0. The number of aliphatic hydroxyl groups excluding tert-OH is 1. The highest BCUT2D eigenvalue weighted by Gasteiger charge is 2.10. The average Bonchev–Trinajstić information content (AvgIpc) is 2.46. The highest BCUT2D eigenvalue weighted by atomic mass is 16.5. The summed E-state index contributed by atoms with van der Waals surface area (Å²) in [5.41, 5.74) is 2.29. The molecule has 0 aliphatic heterocycles. The van der Waals surface area contributed by atoms with Gasteiger partial charge in [-0.25, -0.2) is 0 Å². The smallest absolute Gasteiger partial charge is 0.307 e. The number of carboxylic acids is 1. The first kappa shape index (κ1) is 15.1. The Morgan fingerprint density at radius 1 is 1.10 bits per heavy atom. The number of carboxylic acid groups (broad SMARTS) is 1. The molecule has 2 aromatic carbocycles. The van der Waals surface area contributed by atoms with E-state index in [0.717, 1.165) is 11.1 Å². The van der Waals surface area contributed by atoms with E-state index in [1.807, 2.05) is 36.4 Å². The lowest BCUT2D eigenvalue weighted by Crippen LogP contribution is -2.07. The first-order valence-corrected chi connectivity index (χ1v) is 6.76. The van der Waals surface area contributed by atoms with Crippen LogP contribution in [0.25, 0.3) is 0 Å². The molecule has 21 heavy (non-hydrogen) atoms. The molecule has 2 aromatic rings. The fourth-order valence-electron chi connectivity index (χ4n) is 2.15. The average molecular weight is 286 g/mol. The van der Waals surface area contributed by atoms with E-state index in [1.165, 1.54) is 0 Å². The van der Waals surface area contributed by atoms with Crippen molar-refractivity contribution in [3.8, 4) is 5.75 Å². The molecule has 0 spiro atoms. The van der Waals surface area contributed by atoms with Crippen molar-refractivity contribution in [3.05, 3.63) is 65.2 Å². The number of aliphatic carboxylic acids is 1. The fourth-order valence-corrected chi connectivity index (χ4v) is 2.15. The summed E-state index contributed by atoms with van der Waals surface area (Å²) in [6, 6.07) is 14.6. The summed E-state index contributed by atoms with van der Waals surface area (Å²) in [6.07, 6.45) is -0.645. The van der Waals surface area contributed by atoms with Gasteiger partial charge in [-0.2, -0.15) is 0 Å². The maximum atomic E-state index is 10.9. The molecule has 0 aliphatic carbocycles. The van der Waals surface area contributed by atoms with Gasteiger partial charge in [-0.05, 0) is 24.1 Å². The Hall–Kier alpha value is -2.33. The molecule has 4 nitrogen and oxygen atoms in total. The van der Waals surface area contributed by atoms with Crippen molar-refractivity contribution in [1.29, 1.82) is 0 Å². The van der Waals surface area contributed by atoms with Crippen molar-refractivity contribution in [1.82, 2.24) is 0 Å². The van der Waals surface area contributed by atoms with Crippen LogP contribution in [-0.4, -0.2) is 16.2 Å². The molecule has 0 saturated heterocycles. The third-order valence-electron chi connectivity index (χ3n) is 3.21. The molecule has 0 saturated carbocycles. The van der Waals surface area contributed by atoms with Crippen molar-refractivity contribution in [2.24, 2.45) is 0 Å². The zero-order valence-electron chi connectivity index (χ0n) is 11.8. The van der Waals surface area contributed by atoms with Gasteiger partial charge in [-0.3, -0.25) is 4.79 Å². The number of rotatable bonds is 6. The van der Waals surface area contributed by atoms with Crippen molar-refractivity contribution in [3.63, 3.8) is 0 Å². The fraction of sp³-hybridized carbons (Fsp3) is 0.235. The maximum Gasteiger partial charge on any atom is 0.307 e. The van der Waals surface area contributed by atoms with E-state index in [2.05, 4.69) is 0 Å². The van der Waals surface area contributed by atoms with Crippen molar-refractivity contribution in [2.45, 2.75) is 26.1 Å². The third kappa shape index (κ3) is 4.07. The Balaban J connectivity index is 2.15. The Bertz CT molecular complexity index is 620. The molecular formula is C17H18O4. The van der Waals surface area contributed by atoms with E-state index in [1.54, 1.807) is 19.1 Å². The lowest BCUT2D eigenvalue weighted by Gasteiger charge is -2.14. The molecule has 0 bridgehead atoms. The minimum absolute atomic E-state index is 0.0302. The van der Waals surface area contributed by atoms with Gasteiger partial charge in [0.25, 0.3) is 0 Å². The van der Waals surface area contributed by atoms with Crippen LogP contribution in [0.4, 0.5) is 0 Å². The predicted octanol–water partition coefficient (Wildman–Crippen LogP) is 2.95. The minimum Gasteiger partial charge on any atom is -0.489 e. The number of benzene rings is 2. The SMILES string of the molecule is C[C@@H](O)c1ccccc1OCc1ccccc1CC(=O)O. The monoisotopic (exact) mass is 286 g/mol. The number of para-hydroxylation sites is 1. The zero-order valence-corrected chi connectivity index (χ0v) is 11.8. The number of hydrogen-bond donors (Lipinski definition) is 2. The van der Waals surface area contributed by atoms with Crippen LogP contribution in [0.15, 0.2) is 48.5 Å². The minimum atomic E-state index is -0.869. The quantitative estimate of drug-likeness (QED) is 0.856. The first-order chi connectivity index (χ1) is 10.1. The molecule has 2 rings (SSSR count). The summed E-state index contributed by atoms with van der Waals surface area (Å²) in [5, 5.41) is 18.6. The van der Waals surface area contributed by atoms with Gasteiger partial charge < -0.3 is 14.9 Å². The molecule has 1 atom stereocenters. The number of hydrogen-bond acceptors (Lipinski definition) is 3. The van der Waals surface area contributed by atoms with Crippen LogP contribution < -0.4 is 4.74 Å². The Morgan fingerprint density at radius 3 is 2.38 bits per heavy atom. The van der Waals surface area contributed by atoms with Crippen molar-refractivity contribution >= 4 is 5.97 Å². The number of aliphatic hydroxyl groups is 1. The van der Waals surface area contributed by atoms with E-state index in [9.17, 15) is 9.90 Å². The molecular weight excluding hydrogens is 268 g/mol. The van der Waals surface area contributed by atoms with E-state index in [-0.39, 0.29) is 13.0 Å². The van der Waals surface area contributed by atoms with Gasteiger partial charge in [0.2, 0.25) is 0 Å². The molecule has 0 unspecified atom stereocenters. The van der Waals surface area contributed by atoms with Crippen LogP contribution in [0.2, 0.25) is 0 Å². The molecule has 0 aromatic heterocycles. The van der Waals surface area contributed by atoms with Gasteiger partial charge in [-0.1, -0.05) is 42.5 Å². The molecule has 0 heterocycles. The van der Waals surface area contributed by atoms with Crippen LogP contribution in [0.1, 0.15) is 29.7 Å². The normalized spacial score (nSPS) is 11.9. The van der Waals surface area contributed by atoms with Crippen LogP contribution >= 0.6 is 0 Å². The van der Waals surface area contributed by atoms with Gasteiger partial charge >= 0.3 is 5.97 Å². The molecule has 0 fully saturated rings. The standard InChI is InChI=1S/C17H18O4/c1-12(18)15-8-4-5-9-16(15)21-11-14-7-3-2-6-13(14)10-17(19)20/h2-9,12,18H,10-11H2,1H3,(H,19,20)/t12-/m1/s1. The summed E-state index contributed by atoms with van der Waals surface area (Å²) in [4.78, 5) is 10.9. The van der Waals surface area contributed by atoms with E-state index in [4.69, 9.17) is 9.84 Å². The first-order valence-electron chi connectivity index (χ1n) is 6.76. The van der Waals surface area contributed by atoms with Gasteiger partial charge in [0.05, 0.1) is 12.5 Å². The zero-order chi connectivity index (χ0) is 15.2. The lowest BCUT2D eigenvalue weighted by atomic mass is 10.1. The van der Waals surface area contributed by atoms with Gasteiger partial charge in [0, 0.05) is 5.56 Å². The summed E-state index contributed by atoms with van der Waals surface area (Å²) < 4.78 is 5.75. The second kappa shape index (κ2) is 6.90. The molecule has 2 N–H and O–H groups in total. The maximum absolute atomic E-state index is 10.9. The number of carbonyl (C=O) groups is 1. The number of ether oxygens (including phenoxy) is 1. The van der Waals surface area contributed by atoms with E-state index in [0.29, 0.717) is 11.3 Å². The van der Waals surface area contributed by atoms with Crippen LogP contribution in [0, 0.1) is 0 Å². The van der Waals surface area contributed by atoms with E-state index >= 15 is 0 Å². The highest BCUT2D eigenvalue weighted by Crippen LogP contribution is 2.25. The largest absolute Gasteiger partial charge is 0.489 e. The van der Waals surface area contributed by atoms with Crippen molar-refractivity contribution < 1.29 is 19.7 Å². The van der Waals surface area contributed by atoms with Gasteiger partial charge in [-0.15, -0.1) is 0 Å². The summed E-state index contributed by atoms with van der Waals surface area (Å²) >= 11 is 0. The predicted molar refractivity (Wildman–Crippen MR) is 79.2 cm³/mol. The van der Waals surface area contributed by atoms with Crippen LogP contribution in [-0.2, 0) is 17.8 Å². The molecule has 0 radical (unpaired) electrons. The Morgan fingerprint density at radius 2 is 1.71 bits per heavy atom. The van der Waals surface area contributed by atoms with Crippen LogP contribution in [0.3, 0.4) is 0 Å². The summed E-state index contributed by atoms with van der Waals surface area (Å²) in [6.45, 7) is 1.95. The van der Waals surface area contributed by atoms with E-state index < -0.39 is 12.1 Å². The van der Waals surface area contributed by atoms with Gasteiger partial charge in [0.1, 0.15) is 12.4 Å². The Labute approximate surface area is 123 Å². The topological polar surface area (TPSA) is 66.8 Å². The third-order valence-corrected chi connectivity index (χ3v) is 3.21. The summed E-state index contributed by atoms with van der Waals surface area (Å²) in [5.74, 6) is -0.260. The molecule has 4 heteroatoms. The molecule has 110 valence electrons. The van der Waals surface area contributed by atoms with Crippen LogP contribution in [0.5, 0.6) is 5.75 Å². The molecule has 0 amide bonds. The van der Waals surface area contributed by atoms with Crippen molar-refractivity contribution in [2.75, 3.05) is 0 Å². The van der Waals surface area contributed by atoms with Gasteiger partial charge in [0.15, 0.2) is 0 Å². The Kier molecular flexibility index (Phi) is 4.95. The molecule has 0 aliphatic rings. The lowest BCUT2D eigenvalue weighted by molar-refractivity contribution is -0.136. The second-order valence-corrected chi connectivity index (χ2v) is 4.84. The highest BCUT2D eigenvalue weighted by molar-refractivity contribution is 5.70. The second-order valence-electron chi connectivity index (χ2n) is 4.84.